The fraction of sp³-hybridized carbons (Fsp3) is 0.400. The summed E-state index contributed by atoms with van der Waals surface area (Å²) in [6.45, 7) is 8.81. The average molecular weight is 296 g/mol. The summed E-state index contributed by atoms with van der Waals surface area (Å²) in [5.41, 5.74) is 5.27. The zero-order valence-corrected chi connectivity index (χ0v) is 14.3. The van der Waals surface area contributed by atoms with Gasteiger partial charge >= 0.3 is 0 Å². The summed E-state index contributed by atoms with van der Waals surface area (Å²) in [5.74, 6) is 0. The molecule has 0 aliphatic carbocycles. The summed E-state index contributed by atoms with van der Waals surface area (Å²) in [6.07, 6.45) is 1.17. The first kappa shape index (κ1) is 16.6. The van der Waals surface area contributed by atoms with Crippen molar-refractivity contribution in [3.05, 3.63) is 65.2 Å². The molecular formula is C20H28N2. The van der Waals surface area contributed by atoms with Crippen molar-refractivity contribution in [1.29, 1.82) is 0 Å². The van der Waals surface area contributed by atoms with Crippen molar-refractivity contribution >= 4 is 5.69 Å². The minimum atomic E-state index is 0.410. The maximum absolute atomic E-state index is 3.29. The van der Waals surface area contributed by atoms with Gasteiger partial charge in [-0.3, -0.25) is 4.90 Å². The largest absolute Gasteiger partial charge is 0.388 e. The predicted molar refractivity (Wildman–Crippen MR) is 96.3 cm³/mol. The molecule has 2 nitrogen and oxygen atoms in total. The number of anilines is 1. The van der Waals surface area contributed by atoms with Gasteiger partial charge in [0.2, 0.25) is 0 Å². The summed E-state index contributed by atoms with van der Waals surface area (Å²) >= 11 is 0. The SMILES string of the molecule is CCCN(Cc1ccccc1)C(C)c1ccc(C)c(NC)c1. The smallest absolute Gasteiger partial charge is 0.0370 e. The number of aryl methyl sites for hydroxylation is 1. The Morgan fingerprint density at radius 3 is 2.45 bits per heavy atom. The van der Waals surface area contributed by atoms with Gasteiger partial charge < -0.3 is 5.32 Å². The fourth-order valence-electron chi connectivity index (χ4n) is 2.89. The minimum Gasteiger partial charge on any atom is -0.388 e. The molecule has 0 amide bonds. The van der Waals surface area contributed by atoms with Crippen molar-refractivity contribution in [1.82, 2.24) is 4.90 Å². The summed E-state index contributed by atoms with van der Waals surface area (Å²) in [6, 6.07) is 17.9. The highest BCUT2D eigenvalue weighted by atomic mass is 15.1. The first-order valence-corrected chi connectivity index (χ1v) is 8.22. The molecule has 0 heterocycles. The van der Waals surface area contributed by atoms with Crippen LogP contribution < -0.4 is 5.32 Å². The van der Waals surface area contributed by atoms with Gasteiger partial charge in [-0.05, 0) is 49.6 Å². The van der Waals surface area contributed by atoms with Crippen molar-refractivity contribution < 1.29 is 0 Å². The molecule has 0 aliphatic rings. The zero-order chi connectivity index (χ0) is 15.9. The van der Waals surface area contributed by atoms with Gasteiger partial charge in [0.15, 0.2) is 0 Å². The maximum Gasteiger partial charge on any atom is 0.0370 e. The lowest BCUT2D eigenvalue weighted by atomic mass is 10.0. The number of nitrogens with zero attached hydrogens (tertiary/aromatic N) is 1. The Bertz CT molecular complexity index is 578. The molecule has 0 saturated carbocycles. The fourth-order valence-corrected chi connectivity index (χ4v) is 2.89. The van der Waals surface area contributed by atoms with E-state index in [9.17, 15) is 0 Å². The van der Waals surface area contributed by atoms with Crippen molar-refractivity contribution in [2.24, 2.45) is 0 Å². The van der Waals surface area contributed by atoms with E-state index in [1.165, 1.54) is 28.8 Å². The summed E-state index contributed by atoms with van der Waals surface area (Å²) in [5, 5.41) is 3.29. The lowest BCUT2D eigenvalue weighted by Crippen LogP contribution is -2.27. The Hall–Kier alpha value is -1.80. The normalized spacial score (nSPS) is 12.4. The van der Waals surface area contributed by atoms with Gasteiger partial charge in [0.25, 0.3) is 0 Å². The van der Waals surface area contributed by atoms with Crippen LogP contribution in [-0.2, 0) is 6.54 Å². The summed E-state index contributed by atoms with van der Waals surface area (Å²) in [7, 11) is 1.99. The van der Waals surface area contributed by atoms with Crippen molar-refractivity contribution in [3.8, 4) is 0 Å². The van der Waals surface area contributed by atoms with Gasteiger partial charge in [-0.1, -0.05) is 49.4 Å². The molecule has 0 bridgehead atoms. The third-order valence-electron chi connectivity index (χ3n) is 4.30. The van der Waals surface area contributed by atoms with Crippen LogP contribution >= 0.6 is 0 Å². The Morgan fingerprint density at radius 2 is 1.82 bits per heavy atom. The van der Waals surface area contributed by atoms with E-state index in [0.717, 1.165) is 13.1 Å². The van der Waals surface area contributed by atoms with Gasteiger partial charge in [0, 0.05) is 25.3 Å². The monoisotopic (exact) mass is 296 g/mol. The van der Waals surface area contributed by atoms with Gasteiger partial charge in [-0.15, -0.1) is 0 Å². The predicted octanol–water partition coefficient (Wildman–Crippen LogP) is 5.01. The molecular weight excluding hydrogens is 268 g/mol. The molecule has 22 heavy (non-hydrogen) atoms. The number of hydrogen-bond acceptors (Lipinski definition) is 2. The second kappa shape index (κ2) is 8.00. The van der Waals surface area contributed by atoms with Gasteiger partial charge in [-0.25, -0.2) is 0 Å². The van der Waals surface area contributed by atoms with Gasteiger partial charge in [0.05, 0.1) is 0 Å². The number of hydrogen-bond donors (Lipinski definition) is 1. The van der Waals surface area contributed by atoms with E-state index in [1.54, 1.807) is 0 Å². The standard InChI is InChI=1S/C20H28N2/c1-5-13-22(15-18-9-7-6-8-10-18)17(3)19-12-11-16(2)20(14-19)21-4/h6-12,14,17,21H,5,13,15H2,1-4H3. The van der Waals surface area contributed by atoms with E-state index >= 15 is 0 Å². The Labute approximate surface area is 135 Å². The van der Waals surface area contributed by atoms with Crippen LogP contribution in [0.3, 0.4) is 0 Å². The molecule has 0 saturated heterocycles. The molecule has 0 spiro atoms. The van der Waals surface area contributed by atoms with Crippen molar-refractivity contribution in [3.63, 3.8) is 0 Å². The quantitative estimate of drug-likeness (QED) is 0.772. The molecule has 1 unspecified atom stereocenters. The van der Waals surface area contributed by atoms with Gasteiger partial charge in [-0.2, -0.15) is 0 Å². The highest BCUT2D eigenvalue weighted by molar-refractivity contribution is 5.52. The molecule has 0 radical (unpaired) electrons. The molecule has 0 aliphatic heterocycles. The third kappa shape index (κ3) is 4.11. The third-order valence-corrected chi connectivity index (χ3v) is 4.30. The van der Waals surface area contributed by atoms with Crippen LogP contribution in [-0.4, -0.2) is 18.5 Å². The first-order valence-electron chi connectivity index (χ1n) is 8.22. The van der Waals surface area contributed by atoms with Crippen LogP contribution in [0.5, 0.6) is 0 Å². The zero-order valence-electron chi connectivity index (χ0n) is 14.3. The highest BCUT2D eigenvalue weighted by Crippen LogP contribution is 2.26. The number of nitrogens with one attached hydrogen (secondary N) is 1. The van der Waals surface area contributed by atoms with E-state index in [2.05, 4.69) is 79.5 Å². The second-order valence-electron chi connectivity index (χ2n) is 5.96. The Balaban J connectivity index is 2.20. The summed E-state index contributed by atoms with van der Waals surface area (Å²) < 4.78 is 0. The highest BCUT2D eigenvalue weighted by Gasteiger charge is 2.16. The van der Waals surface area contributed by atoms with E-state index < -0.39 is 0 Å². The molecule has 0 aromatic heterocycles. The minimum absolute atomic E-state index is 0.410. The van der Waals surface area contributed by atoms with E-state index in [0.29, 0.717) is 6.04 Å². The van der Waals surface area contributed by atoms with Crippen LogP contribution in [0.25, 0.3) is 0 Å². The van der Waals surface area contributed by atoms with Crippen LogP contribution in [0.15, 0.2) is 48.5 Å². The number of rotatable bonds is 7. The van der Waals surface area contributed by atoms with Crippen LogP contribution in [0.2, 0.25) is 0 Å². The first-order chi connectivity index (χ1) is 10.7. The molecule has 2 aromatic carbocycles. The van der Waals surface area contributed by atoms with E-state index in [-0.39, 0.29) is 0 Å². The van der Waals surface area contributed by atoms with Crippen LogP contribution in [0.1, 0.15) is 43.0 Å². The van der Waals surface area contributed by atoms with E-state index in [4.69, 9.17) is 0 Å². The summed E-state index contributed by atoms with van der Waals surface area (Å²) in [4.78, 5) is 2.56. The molecule has 0 fully saturated rings. The molecule has 1 N–H and O–H groups in total. The lowest BCUT2D eigenvalue weighted by molar-refractivity contribution is 0.202. The molecule has 1 atom stereocenters. The van der Waals surface area contributed by atoms with Crippen molar-refractivity contribution in [2.75, 3.05) is 18.9 Å². The van der Waals surface area contributed by atoms with Gasteiger partial charge in [0.1, 0.15) is 0 Å². The Kier molecular flexibility index (Phi) is 6.02. The van der Waals surface area contributed by atoms with Crippen LogP contribution in [0.4, 0.5) is 5.69 Å². The molecule has 2 heteroatoms. The lowest BCUT2D eigenvalue weighted by Gasteiger charge is -2.29. The average Bonchev–Trinajstić information content (AvgIpc) is 2.55. The molecule has 2 aromatic rings. The molecule has 118 valence electrons. The Morgan fingerprint density at radius 1 is 1.09 bits per heavy atom. The van der Waals surface area contributed by atoms with Crippen molar-refractivity contribution in [2.45, 2.75) is 39.8 Å². The van der Waals surface area contributed by atoms with E-state index in [1.807, 2.05) is 7.05 Å². The second-order valence-corrected chi connectivity index (χ2v) is 5.96. The maximum atomic E-state index is 3.29. The number of benzene rings is 2. The topological polar surface area (TPSA) is 15.3 Å². The molecule has 2 rings (SSSR count). The van der Waals surface area contributed by atoms with Crippen LogP contribution in [0, 0.1) is 6.92 Å².